The molecule has 0 aliphatic heterocycles. The Morgan fingerprint density at radius 1 is 0.447 bits per heavy atom. The first-order chi connectivity index (χ1) is 23.2. The number of carbonyl (C=O) groups is 2. The van der Waals surface area contributed by atoms with Crippen LogP contribution in [-0.2, 0) is 66.4 Å². The van der Waals surface area contributed by atoms with Crippen LogP contribution in [-0.4, -0.2) is 175 Å². The zero-order chi connectivity index (χ0) is 34.1. The molecule has 0 aromatic heterocycles. The lowest BCUT2D eigenvalue weighted by Crippen LogP contribution is -2.25. The fraction of sp³-hybridized carbons (Fsp3) is 0.871. The molecule has 0 rings (SSSR count). The zero-order valence-corrected chi connectivity index (χ0v) is 28.0. The lowest BCUT2D eigenvalue weighted by molar-refractivity contribution is -0.138. The maximum atomic E-state index is 11.4. The number of carbonyl (C=O) groups excluding carboxylic acids is 1. The topological polar surface area (TPSA) is 177 Å². The monoisotopic (exact) mass is 685 g/mol. The molecule has 0 aliphatic rings. The standard InChI is InChI=1S/C31H59NO15/c1-2-36-8-9-38-12-13-40-16-17-42-20-21-44-24-25-46-28-29-47-27-26-45-23-22-43-19-18-41-15-14-39-11-10-37-7-3-6-32-30(33)4-5-31(34)35/h2H,1,3-29H2,(H,32,33)(H,34,35). The molecule has 47 heavy (non-hydrogen) atoms. The Bertz CT molecular complexity index is 675. The van der Waals surface area contributed by atoms with Gasteiger partial charge in [0.2, 0.25) is 5.91 Å². The van der Waals surface area contributed by atoms with Gasteiger partial charge in [0.05, 0.1) is 151 Å². The van der Waals surface area contributed by atoms with Crippen molar-refractivity contribution < 1.29 is 71.5 Å². The average Bonchev–Trinajstić information content (AvgIpc) is 3.06. The molecule has 0 heterocycles. The number of carboxylic acids is 1. The summed E-state index contributed by atoms with van der Waals surface area (Å²) in [7, 11) is 0. The minimum Gasteiger partial charge on any atom is -0.499 e. The Balaban J connectivity index is 3.08. The van der Waals surface area contributed by atoms with Crippen LogP contribution >= 0.6 is 0 Å². The minimum atomic E-state index is -0.983. The van der Waals surface area contributed by atoms with E-state index in [0.717, 1.165) is 0 Å². The van der Waals surface area contributed by atoms with Crippen molar-refractivity contribution in [2.45, 2.75) is 19.3 Å². The van der Waals surface area contributed by atoms with Crippen molar-refractivity contribution in [2.24, 2.45) is 0 Å². The number of carboxylic acid groups (broad SMARTS) is 1. The predicted molar refractivity (Wildman–Crippen MR) is 170 cm³/mol. The van der Waals surface area contributed by atoms with E-state index in [2.05, 4.69) is 11.9 Å². The third-order valence-electron chi connectivity index (χ3n) is 5.54. The van der Waals surface area contributed by atoms with Crippen LogP contribution in [0.5, 0.6) is 0 Å². The van der Waals surface area contributed by atoms with Crippen molar-refractivity contribution in [1.29, 1.82) is 0 Å². The van der Waals surface area contributed by atoms with Crippen LogP contribution in [0.15, 0.2) is 12.8 Å². The molecular formula is C31H59NO15. The first-order valence-corrected chi connectivity index (χ1v) is 16.2. The van der Waals surface area contributed by atoms with Gasteiger partial charge in [0.1, 0.15) is 6.61 Å². The van der Waals surface area contributed by atoms with Gasteiger partial charge in [-0.1, -0.05) is 6.58 Å². The molecule has 0 unspecified atom stereocenters. The molecule has 16 heteroatoms. The number of ether oxygens (including phenoxy) is 12. The highest BCUT2D eigenvalue weighted by Crippen LogP contribution is 1.90. The van der Waals surface area contributed by atoms with Crippen LogP contribution in [0, 0.1) is 0 Å². The molecule has 0 saturated carbocycles. The molecule has 0 saturated heterocycles. The Hall–Kier alpha value is -1.96. The van der Waals surface area contributed by atoms with Crippen molar-refractivity contribution >= 4 is 11.9 Å². The smallest absolute Gasteiger partial charge is 0.303 e. The van der Waals surface area contributed by atoms with Gasteiger partial charge in [0.15, 0.2) is 0 Å². The summed E-state index contributed by atoms with van der Waals surface area (Å²) in [6.45, 7) is 15.2. The van der Waals surface area contributed by atoms with Gasteiger partial charge < -0.3 is 67.3 Å². The van der Waals surface area contributed by atoms with Gasteiger partial charge in [-0.15, -0.1) is 0 Å². The lowest BCUT2D eigenvalue weighted by Gasteiger charge is -2.09. The van der Waals surface area contributed by atoms with Crippen molar-refractivity contribution in [3.63, 3.8) is 0 Å². The van der Waals surface area contributed by atoms with Gasteiger partial charge in [-0.25, -0.2) is 0 Å². The van der Waals surface area contributed by atoms with Crippen LogP contribution in [0.25, 0.3) is 0 Å². The molecule has 0 aromatic rings. The molecule has 2 N–H and O–H groups in total. The summed E-state index contributed by atoms with van der Waals surface area (Å²) in [6.07, 6.45) is 1.86. The minimum absolute atomic E-state index is 0.0110. The maximum Gasteiger partial charge on any atom is 0.303 e. The molecule has 0 radical (unpaired) electrons. The quantitative estimate of drug-likeness (QED) is 0.0679. The number of nitrogens with one attached hydrogen (secondary N) is 1. The number of hydrogen-bond donors (Lipinski definition) is 2. The summed E-state index contributed by atoms with van der Waals surface area (Å²) in [5.74, 6) is -1.25. The summed E-state index contributed by atoms with van der Waals surface area (Å²) in [4.78, 5) is 21.8. The van der Waals surface area contributed by atoms with E-state index in [0.29, 0.717) is 165 Å². The SMILES string of the molecule is C=COCCOCCOCCOCCOCCOCCOCCOCCOCCOCCOCCOCCCNC(=O)CCC(=O)O. The number of amides is 1. The van der Waals surface area contributed by atoms with Crippen LogP contribution in [0.1, 0.15) is 19.3 Å². The second kappa shape index (κ2) is 40.2. The maximum absolute atomic E-state index is 11.4. The fourth-order valence-electron chi connectivity index (χ4n) is 3.20. The molecule has 0 spiro atoms. The highest BCUT2D eigenvalue weighted by atomic mass is 16.6. The van der Waals surface area contributed by atoms with E-state index in [1.165, 1.54) is 6.26 Å². The number of rotatable bonds is 41. The molecule has 0 atom stereocenters. The first-order valence-electron chi connectivity index (χ1n) is 16.2. The third kappa shape index (κ3) is 42.0. The molecule has 0 aliphatic carbocycles. The molecule has 278 valence electrons. The molecular weight excluding hydrogens is 626 g/mol. The van der Waals surface area contributed by atoms with Crippen molar-refractivity contribution in [3.05, 3.63) is 12.8 Å². The first kappa shape index (κ1) is 45.0. The number of aliphatic carboxylic acids is 1. The summed E-state index contributed by atoms with van der Waals surface area (Å²) in [6, 6.07) is 0. The Morgan fingerprint density at radius 2 is 0.723 bits per heavy atom. The van der Waals surface area contributed by atoms with Crippen LogP contribution in [0.3, 0.4) is 0 Å². The van der Waals surface area contributed by atoms with Gasteiger partial charge in [-0.2, -0.15) is 0 Å². The van der Waals surface area contributed by atoms with Crippen molar-refractivity contribution in [2.75, 3.05) is 159 Å². The van der Waals surface area contributed by atoms with E-state index in [-0.39, 0.29) is 18.7 Å². The van der Waals surface area contributed by atoms with E-state index in [9.17, 15) is 9.59 Å². The van der Waals surface area contributed by atoms with Gasteiger partial charge in [0.25, 0.3) is 0 Å². The Kier molecular flexibility index (Phi) is 38.5. The summed E-state index contributed by atoms with van der Waals surface area (Å²) < 4.78 is 64.6. The zero-order valence-electron chi connectivity index (χ0n) is 28.0. The van der Waals surface area contributed by atoms with Crippen molar-refractivity contribution in [1.82, 2.24) is 5.32 Å². The van der Waals surface area contributed by atoms with Gasteiger partial charge in [-0.3, -0.25) is 9.59 Å². The fourth-order valence-corrected chi connectivity index (χ4v) is 3.20. The highest BCUT2D eigenvalue weighted by Gasteiger charge is 2.04. The summed E-state index contributed by atoms with van der Waals surface area (Å²) >= 11 is 0. The Labute approximate surface area is 279 Å². The van der Waals surface area contributed by atoms with Gasteiger partial charge in [-0.05, 0) is 6.42 Å². The van der Waals surface area contributed by atoms with Gasteiger partial charge >= 0.3 is 5.97 Å². The van der Waals surface area contributed by atoms with Crippen molar-refractivity contribution in [3.8, 4) is 0 Å². The second-order valence-corrected chi connectivity index (χ2v) is 9.37. The van der Waals surface area contributed by atoms with Crippen LogP contribution in [0.2, 0.25) is 0 Å². The molecule has 0 fully saturated rings. The molecule has 1 amide bonds. The van der Waals surface area contributed by atoms with Crippen LogP contribution in [0.4, 0.5) is 0 Å². The van der Waals surface area contributed by atoms with Crippen LogP contribution < -0.4 is 5.32 Å². The molecule has 0 aromatic carbocycles. The van der Waals surface area contributed by atoms with E-state index in [1.807, 2.05) is 0 Å². The van der Waals surface area contributed by atoms with E-state index < -0.39 is 5.97 Å². The predicted octanol–water partition coefficient (Wildman–Crippen LogP) is 0.700. The van der Waals surface area contributed by atoms with E-state index in [1.54, 1.807) is 0 Å². The summed E-state index contributed by atoms with van der Waals surface area (Å²) in [5.41, 5.74) is 0. The third-order valence-corrected chi connectivity index (χ3v) is 5.54. The van der Waals surface area contributed by atoms with E-state index in [4.69, 9.17) is 61.9 Å². The summed E-state index contributed by atoms with van der Waals surface area (Å²) in [5, 5.41) is 11.2. The largest absolute Gasteiger partial charge is 0.499 e. The molecule has 0 bridgehead atoms. The highest BCUT2D eigenvalue weighted by molar-refractivity contribution is 5.80. The molecule has 16 nitrogen and oxygen atoms in total. The number of hydrogen-bond acceptors (Lipinski definition) is 14. The van der Waals surface area contributed by atoms with Gasteiger partial charge in [0, 0.05) is 19.6 Å². The lowest BCUT2D eigenvalue weighted by atomic mass is 10.3. The normalized spacial score (nSPS) is 11.1. The van der Waals surface area contributed by atoms with E-state index >= 15 is 0 Å². The second-order valence-electron chi connectivity index (χ2n) is 9.37. The Morgan fingerprint density at radius 3 is 1.00 bits per heavy atom. The average molecular weight is 686 g/mol.